The number of aromatic nitrogens is 1. The summed E-state index contributed by atoms with van der Waals surface area (Å²) < 4.78 is 26.3. The second-order valence-electron chi connectivity index (χ2n) is 8.09. The Morgan fingerprint density at radius 3 is 2.84 bits per heavy atom. The van der Waals surface area contributed by atoms with Gasteiger partial charge in [-0.1, -0.05) is 12.5 Å². The Hall–Kier alpha value is -1.56. The molecular formula is C19H25F2N3O. The molecule has 4 rings (SSSR count). The summed E-state index contributed by atoms with van der Waals surface area (Å²) >= 11 is 0. The first-order valence-corrected chi connectivity index (χ1v) is 9.18. The average Bonchev–Trinajstić information content (AvgIpc) is 3.14. The van der Waals surface area contributed by atoms with Crippen molar-refractivity contribution in [1.29, 1.82) is 0 Å². The zero-order chi connectivity index (χ0) is 17.7. The van der Waals surface area contributed by atoms with Crippen molar-refractivity contribution in [3.8, 4) is 0 Å². The minimum absolute atomic E-state index is 0.0232. The number of hydrogen-bond donors (Lipinski definition) is 0. The number of nitrogens with zero attached hydrogens (tertiary/aromatic N) is 3. The standard InChI is InChI=1S/C19H25F2N3O/c1-14-4-3-8-22-16(14)10-23-9-7-18(11-23)6-2-5-15(18)17(25)24-12-19(20,21)13-24/h3-4,8,15H,2,5-7,9-13H2,1H3/t15-,18+/m0/s1. The van der Waals surface area contributed by atoms with Crippen molar-refractivity contribution in [1.82, 2.24) is 14.8 Å². The number of pyridine rings is 1. The molecule has 6 heteroatoms. The molecule has 0 unspecified atom stereocenters. The van der Waals surface area contributed by atoms with Crippen LogP contribution in [0.25, 0.3) is 0 Å². The highest BCUT2D eigenvalue weighted by atomic mass is 19.3. The molecule has 4 nitrogen and oxygen atoms in total. The molecule has 3 heterocycles. The van der Waals surface area contributed by atoms with Gasteiger partial charge in [-0.05, 0) is 49.8 Å². The lowest BCUT2D eigenvalue weighted by Crippen LogP contribution is -2.60. The molecule has 1 amide bonds. The molecule has 3 aliphatic rings. The SMILES string of the molecule is Cc1cccnc1CN1CC[C@]2(CCC[C@H]2C(=O)N2CC(F)(F)C2)C1. The van der Waals surface area contributed by atoms with Gasteiger partial charge in [0.15, 0.2) is 0 Å². The van der Waals surface area contributed by atoms with Crippen molar-refractivity contribution < 1.29 is 13.6 Å². The molecule has 0 N–H and O–H groups in total. The van der Waals surface area contributed by atoms with Gasteiger partial charge in [-0.3, -0.25) is 14.7 Å². The largest absolute Gasteiger partial charge is 0.330 e. The van der Waals surface area contributed by atoms with E-state index in [2.05, 4.69) is 22.9 Å². The predicted octanol–water partition coefficient (Wildman–Crippen LogP) is 2.86. The van der Waals surface area contributed by atoms with Crippen LogP contribution in [0.1, 0.15) is 36.9 Å². The van der Waals surface area contributed by atoms with E-state index in [1.54, 1.807) is 0 Å². The molecular weight excluding hydrogens is 324 g/mol. The van der Waals surface area contributed by atoms with Crippen LogP contribution in [0, 0.1) is 18.3 Å². The average molecular weight is 349 g/mol. The van der Waals surface area contributed by atoms with Crippen molar-refractivity contribution >= 4 is 5.91 Å². The number of carbonyl (C=O) groups excluding carboxylic acids is 1. The first kappa shape index (κ1) is 16.9. The minimum Gasteiger partial charge on any atom is -0.330 e. The van der Waals surface area contributed by atoms with E-state index in [1.165, 1.54) is 10.5 Å². The van der Waals surface area contributed by atoms with E-state index in [0.717, 1.165) is 51.0 Å². The van der Waals surface area contributed by atoms with Crippen LogP contribution in [0.4, 0.5) is 8.78 Å². The molecule has 2 aliphatic heterocycles. The van der Waals surface area contributed by atoms with Crippen LogP contribution >= 0.6 is 0 Å². The third-order valence-electron chi connectivity index (χ3n) is 6.32. The lowest BCUT2D eigenvalue weighted by atomic mass is 9.76. The highest BCUT2D eigenvalue weighted by Gasteiger charge is 2.55. The normalized spacial score (nSPS) is 31.5. The zero-order valence-corrected chi connectivity index (χ0v) is 14.7. The Labute approximate surface area is 147 Å². The van der Waals surface area contributed by atoms with Gasteiger partial charge < -0.3 is 4.90 Å². The third kappa shape index (κ3) is 3.05. The molecule has 1 aromatic heterocycles. The Kier molecular flexibility index (Phi) is 4.06. The summed E-state index contributed by atoms with van der Waals surface area (Å²) in [6.45, 7) is 3.92. The molecule has 1 spiro atoms. The summed E-state index contributed by atoms with van der Waals surface area (Å²) in [6, 6.07) is 4.01. The number of carbonyl (C=O) groups is 1. The minimum atomic E-state index is -2.68. The topological polar surface area (TPSA) is 36.4 Å². The molecule has 1 saturated carbocycles. The lowest BCUT2D eigenvalue weighted by Gasteiger charge is -2.42. The molecule has 2 saturated heterocycles. The third-order valence-corrected chi connectivity index (χ3v) is 6.32. The van der Waals surface area contributed by atoms with Crippen LogP contribution < -0.4 is 0 Å². The van der Waals surface area contributed by atoms with Crippen LogP contribution in [0.15, 0.2) is 18.3 Å². The maximum Gasteiger partial charge on any atom is 0.282 e. The number of aryl methyl sites for hydroxylation is 1. The maximum absolute atomic E-state index is 13.1. The van der Waals surface area contributed by atoms with Crippen molar-refractivity contribution in [2.24, 2.45) is 11.3 Å². The number of alkyl halides is 2. The van der Waals surface area contributed by atoms with Crippen LogP contribution in [-0.2, 0) is 11.3 Å². The van der Waals surface area contributed by atoms with E-state index in [9.17, 15) is 13.6 Å². The Bertz CT molecular complexity index is 672. The zero-order valence-electron chi connectivity index (χ0n) is 14.7. The smallest absolute Gasteiger partial charge is 0.282 e. The Balaban J connectivity index is 1.43. The Morgan fingerprint density at radius 2 is 2.12 bits per heavy atom. The molecule has 0 radical (unpaired) electrons. The molecule has 3 fully saturated rings. The second-order valence-corrected chi connectivity index (χ2v) is 8.09. The summed E-state index contributed by atoms with van der Waals surface area (Å²) in [6.07, 6.45) is 5.71. The predicted molar refractivity (Wildman–Crippen MR) is 90.2 cm³/mol. The van der Waals surface area contributed by atoms with Crippen LogP contribution in [0.5, 0.6) is 0 Å². The summed E-state index contributed by atoms with van der Waals surface area (Å²) in [5.74, 6) is -2.81. The first-order valence-electron chi connectivity index (χ1n) is 9.18. The molecule has 1 aliphatic carbocycles. The van der Waals surface area contributed by atoms with E-state index in [1.807, 2.05) is 12.3 Å². The van der Waals surface area contributed by atoms with Crippen molar-refractivity contribution in [2.45, 2.75) is 45.1 Å². The summed E-state index contributed by atoms with van der Waals surface area (Å²) in [5.41, 5.74) is 2.25. The lowest BCUT2D eigenvalue weighted by molar-refractivity contribution is -0.172. The highest BCUT2D eigenvalue weighted by Crippen LogP contribution is 2.51. The summed E-state index contributed by atoms with van der Waals surface area (Å²) in [4.78, 5) is 21.0. The number of rotatable bonds is 3. The number of amides is 1. The molecule has 2 atom stereocenters. The van der Waals surface area contributed by atoms with E-state index >= 15 is 0 Å². The van der Waals surface area contributed by atoms with E-state index in [4.69, 9.17) is 0 Å². The van der Waals surface area contributed by atoms with Crippen molar-refractivity contribution in [2.75, 3.05) is 26.2 Å². The van der Waals surface area contributed by atoms with Gasteiger partial charge in [0, 0.05) is 25.2 Å². The Morgan fingerprint density at radius 1 is 1.32 bits per heavy atom. The van der Waals surface area contributed by atoms with E-state index in [-0.39, 0.29) is 17.2 Å². The van der Waals surface area contributed by atoms with Crippen LogP contribution in [-0.4, -0.2) is 52.8 Å². The van der Waals surface area contributed by atoms with Crippen molar-refractivity contribution in [3.63, 3.8) is 0 Å². The maximum atomic E-state index is 13.1. The number of halogens is 2. The fourth-order valence-corrected chi connectivity index (χ4v) is 4.92. The van der Waals surface area contributed by atoms with Gasteiger partial charge in [0.2, 0.25) is 5.91 Å². The van der Waals surface area contributed by atoms with E-state index < -0.39 is 19.0 Å². The van der Waals surface area contributed by atoms with E-state index in [0.29, 0.717) is 0 Å². The number of likely N-dealkylation sites (tertiary alicyclic amines) is 2. The number of hydrogen-bond acceptors (Lipinski definition) is 3. The monoisotopic (exact) mass is 349 g/mol. The molecule has 1 aromatic rings. The second kappa shape index (κ2) is 6.01. The van der Waals surface area contributed by atoms with Gasteiger partial charge in [0.05, 0.1) is 18.8 Å². The van der Waals surface area contributed by atoms with Gasteiger partial charge >= 0.3 is 0 Å². The summed E-state index contributed by atoms with van der Waals surface area (Å²) in [7, 11) is 0. The molecule has 136 valence electrons. The van der Waals surface area contributed by atoms with Crippen LogP contribution in [0.3, 0.4) is 0 Å². The van der Waals surface area contributed by atoms with Gasteiger partial charge in [-0.15, -0.1) is 0 Å². The highest BCUT2D eigenvalue weighted by molar-refractivity contribution is 5.81. The first-order chi connectivity index (χ1) is 11.9. The van der Waals surface area contributed by atoms with Gasteiger partial charge in [-0.2, -0.15) is 0 Å². The summed E-state index contributed by atoms with van der Waals surface area (Å²) in [5, 5.41) is 0. The van der Waals surface area contributed by atoms with Crippen molar-refractivity contribution in [3.05, 3.63) is 29.6 Å². The fraction of sp³-hybridized carbons (Fsp3) is 0.684. The molecule has 25 heavy (non-hydrogen) atoms. The fourth-order valence-electron chi connectivity index (χ4n) is 4.92. The van der Waals surface area contributed by atoms with Crippen LogP contribution in [0.2, 0.25) is 0 Å². The van der Waals surface area contributed by atoms with Gasteiger partial charge in [-0.25, -0.2) is 8.78 Å². The quantitative estimate of drug-likeness (QED) is 0.842. The molecule has 0 aromatic carbocycles. The van der Waals surface area contributed by atoms with Gasteiger partial charge in [0.25, 0.3) is 5.92 Å². The van der Waals surface area contributed by atoms with Gasteiger partial charge in [0.1, 0.15) is 0 Å². The molecule has 0 bridgehead atoms.